The molecule has 1 fully saturated rings. The lowest BCUT2D eigenvalue weighted by Crippen LogP contribution is -2.41. The maximum Gasteiger partial charge on any atom is 0.330 e. The highest BCUT2D eigenvalue weighted by molar-refractivity contribution is 5.05. The molecule has 1 aromatic rings. The van der Waals surface area contributed by atoms with Gasteiger partial charge in [-0.1, -0.05) is 19.3 Å². The van der Waals surface area contributed by atoms with Gasteiger partial charge in [-0.2, -0.15) is 0 Å². The third kappa shape index (κ3) is 3.20. The Hall–Kier alpha value is -1.36. The van der Waals surface area contributed by atoms with E-state index in [9.17, 15) is 9.59 Å². The Labute approximate surface area is 119 Å². The van der Waals surface area contributed by atoms with Crippen LogP contribution in [0.2, 0.25) is 0 Å². The van der Waals surface area contributed by atoms with Crippen molar-refractivity contribution in [2.45, 2.75) is 51.6 Å². The van der Waals surface area contributed by atoms with E-state index in [1.807, 2.05) is 0 Å². The van der Waals surface area contributed by atoms with Gasteiger partial charge in [0, 0.05) is 38.4 Å². The monoisotopic (exact) mass is 279 g/mol. The molecule has 112 valence electrons. The molecule has 0 spiro atoms. The second kappa shape index (κ2) is 6.39. The number of nitrogens with zero attached hydrogens (tertiary/aromatic N) is 2. The number of nitrogens with one attached hydrogen (secondary N) is 1. The van der Waals surface area contributed by atoms with Crippen molar-refractivity contribution in [3.63, 3.8) is 0 Å². The smallest absolute Gasteiger partial charge is 0.310 e. The first-order valence-electron chi connectivity index (χ1n) is 7.49. The van der Waals surface area contributed by atoms with E-state index in [1.54, 1.807) is 13.2 Å². The number of aromatic nitrogens is 2. The molecular weight excluding hydrogens is 254 g/mol. The number of hydrogen-bond donors (Lipinski definition) is 1. The molecule has 1 aromatic heterocycles. The van der Waals surface area contributed by atoms with Gasteiger partial charge in [0.05, 0.1) is 0 Å². The maximum atomic E-state index is 12.0. The van der Waals surface area contributed by atoms with Crippen LogP contribution in [0.1, 0.15) is 44.6 Å². The Bertz CT molecular complexity index is 567. The van der Waals surface area contributed by atoms with E-state index >= 15 is 0 Å². The molecule has 0 aromatic carbocycles. The molecule has 1 aliphatic carbocycles. The summed E-state index contributed by atoms with van der Waals surface area (Å²) in [6, 6.07) is 0.414. The molecule has 0 radical (unpaired) electrons. The third-order valence-corrected chi connectivity index (χ3v) is 4.49. The van der Waals surface area contributed by atoms with Gasteiger partial charge in [-0.15, -0.1) is 0 Å². The SMILES string of the molecule is C[C@H](NCc1cn(C)c(=O)n(C)c1=O)C1CCCCC1. The van der Waals surface area contributed by atoms with E-state index in [4.69, 9.17) is 0 Å². The minimum Gasteiger partial charge on any atom is -0.310 e. The summed E-state index contributed by atoms with van der Waals surface area (Å²) in [6.07, 6.45) is 8.19. The number of aryl methyl sites for hydroxylation is 1. The molecule has 0 amide bonds. The second-order valence-electron chi connectivity index (χ2n) is 5.98. The third-order valence-electron chi connectivity index (χ3n) is 4.49. The van der Waals surface area contributed by atoms with Crippen molar-refractivity contribution in [3.05, 3.63) is 32.6 Å². The van der Waals surface area contributed by atoms with Crippen LogP contribution in [0.5, 0.6) is 0 Å². The lowest BCUT2D eigenvalue weighted by atomic mass is 9.84. The van der Waals surface area contributed by atoms with Gasteiger partial charge >= 0.3 is 5.69 Å². The molecule has 5 nitrogen and oxygen atoms in total. The molecule has 0 saturated heterocycles. The number of rotatable bonds is 4. The Morgan fingerprint density at radius 2 is 1.90 bits per heavy atom. The van der Waals surface area contributed by atoms with Crippen LogP contribution in [0.3, 0.4) is 0 Å². The topological polar surface area (TPSA) is 56.0 Å². The van der Waals surface area contributed by atoms with Gasteiger partial charge in [0.2, 0.25) is 0 Å². The van der Waals surface area contributed by atoms with Gasteiger partial charge in [-0.3, -0.25) is 9.36 Å². The first-order chi connectivity index (χ1) is 9.50. The van der Waals surface area contributed by atoms with Crippen LogP contribution in [0.15, 0.2) is 15.8 Å². The highest BCUT2D eigenvalue weighted by Gasteiger charge is 2.20. The molecule has 1 aliphatic rings. The van der Waals surface area contributed by atoms with Gasteiger partial charge in [-0.05, 0) is 25.7 Å². The maximum absolute atomic E-state index is 12.0. The van der Waals surface area contributed by atoms with Crippen LogP contribution in [0.25, 0.3) is 0 Å². The van der Waals surface area contributed by atoms with Crippen LogP contribution in [0, 0.1) is 5.92 Å². The normalized spacial score (nSPS) is 18.1. The molecule has 5 heteroatoms. The summed E-state index contributed by atoms with van der Waals surface area (Å²) < 4.78 is 2.63. The fraction of sp³-hybridized carbons (Fsp3) is 0.733. The zero-order valence-corrected chi connectivity index (χ0v) is 12.7. The van der Waals surface area contributed by atoms with Crippen molar-refractivity contribution < 1.29 is 0 Å². The van der Waals surface area contributed by atoms with Crippen LogP contribution < -0.4 is 16.6 Å². The molecule has 0 unspecified atom stereocenters. The summed E-state index contributed by atoms with van der Waals surface area (Å²) in [5, 5.41) is 3.45. The summed E-state index contributed by atoms with van der Waals surface area (Å²) in [5.74, 6) is 0.708. The summed E-state index contributed by atoms with van der Waals surface area (Å²) >= 11 is 0. The average Bonchev–Trinajstić information content (AvgIpc) is 2.48. The average molecular weight is 279 g/mol. The molecular formula is C15H25N3O2. The van der Waals surface area contributed by atoms with E-state index in [2.05, 4.69) is 12.2 Å². The van der Waals surface area contributed by atoms with Crippen molar-refractivity contribution in [3.8, 4) is 0 Å². The Morgan fingerprint density at radius 1 is 1.25 bits per heavy atom. The summed E-state index contributed by atoms with van der Waals surface area (Å²) in [5.41, 5.74) is 0.174. The Kier molecular flexibility index (Phi) is 4.81. The van der Waals surface area contributed by atoms with E-state index in [0.717, 1.165) is 0 Å². The van der Waals surface area contributed by atoms with Gasteiger partial charge < -0.3 is 9.88 Å². The Balaban J connectivity index is 2.04. The van der Waals surface area contributed by atoms with Crippen LogP contribution >= 0.6 is 0 Å². The fourth-order valence-electron chi connectivity index (χ4n) is 3.08. The van der Waals surface area contributed by atoms with Gasteiger partial charge in [-0.25, -0.2) is 4.79 Å². The zero-order valence-electron chi connectivity index (χ0n) is 12.7. The van der Waals surface area contributed by atoms with Crippen molar-refractivity contribution in [1.29, 1.82) is 0 Å². The Morgan fingerprint density at radius 3 is 2.55 bits per heavy atom. The van der Waals surface area contributed by atoms with Crippen LogP contribution in [0.4, 0.5) is 0 Å². The predicted molar refractivity (Wildman–Crippen MR) is 79.8 cm³/mol. The highest BCUT2D eigenvalue weighted by Crippen LogP contribution is 2.26. The quantitative estimate of drug-likeness (QED) is 0.899. The van der Waals surface area contributed by atoms with E-state index in [1.165, 1.54) is 48.3 Å². The predicted octanol–water partition coefficient (Wildman–Crippen LogP) is 1.14. The summed E-state index contributed by atoms with van der Waals surface area (Å²) in [7, 11) is 3.20. The first-order valence-corrected chi connectivity index (χ1v) is 7.49. The molecule has 0 bridgehead atoms. The highest BCUT2D eigenvalue weighted by atomic mass is 16.2. The van der Waals surface area contributed by atoms with Gasteiger partial charge in [0.25, 0.3) is 5.56 Å². The summed E-state index contributed by atoms with van der Waals surface area (Å²) in [6.45, 7) is 2.72. The first kappa shape index (κ1) is 15.0. The molecule has 20 heavy (non-hydrogen) atoms. The van der Waals surface area contributed by atoms with Gasteiger partial charge in [0.1, 0.15) is 0 Å². The molecule has 1 N–H and O–H groups in total. The molecule has 1 atom stereocenters. The lowest BCUT2D eigenvalue weighted by molar-refractivity contribution is 0.280. The largest absolute Gasteiger partial charge is 0.330 e. The molecule has 1 heterocycles. The minimum atomic E-state index is -0.279. The van der Waals surface area contributed by atoms with E-state index < -0.39 is 0 Å². The zero-order chi connectivity index (χ0) is 14.7. The van der Waals surface area contributed by atoms with Crippen molar-refractivity contribution in [1.82, 2.24) is 14.5 Å². The lowest BCUT2D eigenvalue weighted by Gasteiger charge is -2.28. The standard InChI is InChI=1S/C15H25N3O2/c1-11(12-7-5-4-6-8-12)16-9-13-10-17(2)15(20)18(3)14(13)19/h10-12,16H,4-9H2,1-3H3/t11-/m0/s1. The molecule has 2 rings (SSSR count). The van der Waals surface area contributed by atoms with E-state index in [0.29, 0.717) is 24.1 Å². The van der Waals surface area contributed by atoms with E-state index in [-0.39, 0.29) is 11.2 Å². The van der Waals surface area contributed by atoms with Crippen molar-refractivity contribution in [2.75, 3.05) is 0 Å². The fourth-order valence-corrected chi connectivity index (χ4v) is 3.08. The van der Waals surface area contributed by atoms with Crippen LogP contribution in [-0.4, -0.2) is 15.2 Å². The van der Waals surface area contributed by atoms with Gasteiger partial charge in [0.15, 0.2) is 0 Å². The number of hydrogen-bond acceptors (Lipinski definition) is 3. The summed E-state index contributed by atoms with van der Waals surface area (Å²) in [4.78, 5) is 23.7. The second-order valence-corrected chi connectivity index (χ2v) is 5.98. The molecule has 1 saturated carbocycles. The van der Waals surface area contributed by atoms with Crippen LogP contribution in [-0.2, 0) is 20.6 Å². The molecule has 0 aliphatic heterocycles. The van der Waals surface area contributed by atoms with Crippen molar-refractivity contribution >= 4 is 0 Å². The minimum absolute atomic E-state index is 0.198. The van der Waals surface area contributed by atoms with Crippen molar-refractivity contribution in [2.24, 2.45) is 20.0 Å².